The molecule has 0 rings (SSSR count). The van der Waals surface area contributed by atoms with Gasteiger partial charge in [0.15, 0.2) is 0 Å². The second kappa shape index (κ2) is 3.56. The van der Waals surface area contributed by atoms with Gasteiger partial charge in [0, 0.05) is 13.8 Å². The Morgan fingerprint density at radius 3 is 1.00 bits per heavy atom. The lowest BCUT2D eigenvalue weighted by Crippen LogP contribution is -2.58. The summed E-state index contributed by atoms with van der Waals surface area (Å²) < 4.78 is 98.2. The number of carbonyl (C=O) groups is 1. The second-order valence-electron chi connectivity index (χ2n) is 3.25. The number of ketones is 1. The fourth-order valence-electron chi connectivity index (χ4n) is 0.596. The summed E-state index contributed by atoms with van der Waals surface area (Å²) in [6.45, 7) is -1.04. The molecule has 0 spiro atoms. The average molecular weight is 258 g/mol. The van der Waals surface area contributed by atoms with Crippen molar-refractivity contribution < 1.29 is 39.9 Å². The van der Waals surface area contributed by atoms with Gasteiger partial charge >= 0.3 is 23.7 Å². The van der Waals surface area contributed by atoms with E-state index in [4.69, 9.17) is 0 Å². The van der Waals surface area contributed by atoms with E-state index in [0.717, 1.165) is 0 Å². The molecule has 0 aromatic rings. The van der Waals surface area contributed by atoms with Gasteiger partial charge in [0.1, 0.15) is 0 Å². The first-order valence-electron chi connectivity index (χ1n) is 3.72. The molecular weight excluding hydrogens is 252 g/mol. The predicted molar refractivity (Wildman–Crippen MR) is 36.1 cm³/mol. The highest BCUT2D eigenvalue weighted by atomic mass is 19.3. The number of Topliss-reactive ketones (excluding diaryl/α,β-unsaturated/α-hetero) is 1. The fourth-order valence-corrected chi connectivity index (χ4v) is 0.596. The van der Waals surface area contributed by atoms with Gasteiger partial charge in [0.2, 0.25) is 0 Å². The van der Waals surface area contributed by atoms with Crippen LogP contribution < -0.4 is 0 Å². The van der Waals surface area contributed by atoms with Crippen LogP contribution in [-0.2, 0) is 4.79 Å². The van der Waals surface area contributed by atoms with Crippen LogP contribution in [0, 0.1) is 0 Å². The minimum Gasteiger partial charge on any atom is -0.286 e. The largest absolute Gasteiger partial charge is 0.373 e. The van der Waals surface area contributed by atoms with Crippen LogP contribution in [0.2, 0.25) is 0 Å². The Hall–Kier alpha value is -0.890. The van der Waals surface area contributed by atoms with E-state index in [9.17, 15) is 39.9 Å². The summed E-state index contributed by atoms with van der Waals surface area (Å²) in [4.78, 5) is 10.3. The molecule has 0 N–H and O–H groups in total. The van der Waals surface area contributed by atoms with E-state index in [1.165, 1.54) is 0 Å². The van der Waals surface area contributed by atoms with Gasteiger partial charge in [-0.1, -0.05) is 0 Å². The molecule has 0 saturated carbocycles. The van der Waals surface area contributed by atoms with Gasteiger partial charge in [-0.15, -0.1) is 0 Å². The minimum absolute atomic E-state index is 0.519. The highest BCUT2D eigenvalue weighted by Gasteiger charge is 2.71. The lowest BCUT2D eigenvalue weighted by molar-refractivity contribution is -0.245. The van der Waals surface area contributed by atoms with Crippen LogP contribution in [0.25, 0.3) is 0 Å². The first-order valence-corrected chi connectivity index (χ1v) is 3.72. The van der Waals surface area contributed by atoms with Crippen molar-refractivity contribution in [2.45, 2.75) is 37.5 Å². The van der Waals surface area contributed by atoms with Crippen LogP contribution in [0.15, 0.2) is 0 Å². The van der Waals surface area contributed by atoms with Crippen LogP contribution in [0.4, 0.5) is 35.1 Å². The number of hydrogen-bond donors (Lipinski definition) is 0. The van der Waals surface area contributed by atoms with Gasteiger partial charge in [-0.3, -0.25) is 4.79 Å². The molecule has 0 atom stereocenters. The molecule has 0 aliphatic heterocycles. The third-order valence-electron chi connectivity index (χ3n) is 1.67. The zero-order valence-electron chi connectivity index (χ0n) is 7.93. The van der Waals surface area contributed by atoms with Crippen LogP contribution >= 0.6 is 0 Å². The summed E-state index contributed by atoms with van der Waals surface area (Å²) in [6, 6.07) is 0. The predicted octanol–water partition coefficient (Wildman–Crippen LogP) is 3.14. The van der Waals surface area contributed by atoms with Crippen molar-refractivity contribution in [3.8, 4) is 0 Å². The van der Waals surface area contributed by atoms with E-state index in [2.05, 4.69) is 0 Å². The van der Waals surface area contributed by atoms with Crippen LogP contribution in [0.5, 0.6) is 0 Å². The van der Waals surface area contributed by atoms with Crippen LogP contribution in [0.3, 0.4) is 0 Å². The smallest absolute Gasteiger partial charge is 0.286 e. The van der Waals surface area contributed by atoms with Gasteiger partial charge < -0.3 is 0 Å². The monoisotopic (exact) mass is 258 g/mol. The number of halogens is 8. The zero-order valence-corrected chi connectivity index (χ0v) is 7.93. The molecular formula is C7H6F8O. The van der Waals surface area contributed by atoms with Crippen molar-refractivity contribution >= 4 is 5.78 Å². The van der Waals surface area contributed by atoms with Gasteiger partial charge in [-0.2, -0.15) is 35.1 Å². The Labute approximate surface area is 84.4 Å². The van der Waals surface area contributed by atoms with Crippen molar-refractivity contribution in [2.24, 2.45) is 0 Å². The number of alkyl halides is 8. The SMILES string of the molecule is CC(F)(F)C(F)(F)C(=O)C(F)(F)C(C)(F)F. The standard InChI is InChI=1S/C7H6F8O/c1-4(8,9)6(12,13)3(16)7(14,15)5(2,10)11/h1-2H3. The Kier molecular flexibility index (Phi) is 3.36. The molecule has 0 aromatic heterocycles. The number of hydrogen-bond acceptors (Lipinski definition) is 1. The lowest BCUT2D eigenvalue weighted by Gasteiger charge is -2.28. The molecule has 0 saturated heterocycles. The van der Waals surface area contributed by atoms with Crippen molar-refractivity contribution in [1.82, 2.24) is 0 Å². The molecule has 1 nitrogen and oxygen atoms in total. The molecule has 0 aromatic carbocycles. The number of carbonyl (C=O) groups excluding carboxylic acids is 1. The third-order valence-corrected chi connectivity index (χ3v) is 1.67. The molecule has 0 amide bonds. The summed E-state index contributed by atoms with van der Waals surface area (Å²) in [5.74, 6) is -25.8. The zero-order chi connectivity index (χ0) is 13.6. The summed E-state index contributed by atoms with van der Waals surface area (Å²) in [5.41, 5.74) is 0. The van der Waals surface area contributed by atoms with Crippen LogP contribution in [0.1, 0.15) is 13.8 Å². The topological polar surface area (TPSA) is 17.1 Å². The Balaban J connectivity index is 5.40. The van der Waals surface area contributed by atoms with Crippen molar-refractivity contribution in [3.63, 3.8) is 0 Å². The van der Waals surface area contributed by atoms with E-state index >= 15 is 0 Å². The Bertz CT molecular complexity index is 256. The molecule has 0 aliphatic carbocycles. The van der Waals surface area contributed by atoms with Gasteiger partial charge in [0.25, 0.3) is 5.78 Å². The van der Waals surface area contributed by atoms with E-state index < -0.39 is 43.3 Å². The average Bonchev–Trinajstić information content (AvgIpc) is 1.98. The molecule has 0 fully saturated rings. The normalized spacial score (nSPS) is 15.1. The van der Waals surface area contributed by atoms with Gasteiger partial charge in [-0.25, -0.2) is 0 Å². The number of rotatable bonds is 4. The highest BCUT2D eigenvalue weighted by Crippen LogP contribution is 2.44. The summed E-state index contributed by atoms with van der Waals surface area (Å²) in [6.07, 6.45) is 0. The first-order chi connectivity index (χ1) is 6.65. The molecule has 0 aliphatic rings. The molecule has 0 bridgehead atoms. The van der Waals surface area contributed by atoms with Gasteiger partial charge in [0.05, 0.1) is 0 Å². The lowest BCUT2D eigenvalue weighted by atomic mass is 9.99. The first kappa shape index (κ1) is 15.1. The highest BCUT2D eigenvalue weighted by molar-refractivity contribution is 5.93. The second-order valence-corrected chi connectivity index (χ2v) is 3.25. The molecule has 96 valence electrons. The van der Waals surface area contributed by atoms with E-state index in [1.807, 2.05) is 0 Å². The Morgan fingerprint density at radius 2 is 0.875 bits per heavy atom. The summed E-state index contributed by atoms with van der Waals surface area (Å²) in [7, 11) is 0. The van der Waals surface area contributed by atoms with Crippen LogP contribution in [-0.4, -0.2) is 29.5 Å². The molecule has 0 unspecified atom stereocenters. The maximum Gasteiger partial charge on any atom is 0.373 e. The molecule has 0 heterocycles. The molecule has 0 radical (unpaired) electrons. The quantitative estimate of drug-likeness (QED) is 0.708. The van der Waals surface area contributed by atoms with E-state index in [1.54, 1.807) is 0 Å². The summed E-state index contributed by atoms with van der Waals surface area (Å²) in [5, 5.41) is 0. The maximum absolute atomic E-state index is 12.4. The fraction of sp³-hybridized carbons (Fsp3) is 0.857. The molecule has 9 heteroatoms. The van der Waals surface area contributed by atoms with E-state index in [0.29, 0.717) is 0 Å². The minimum atomic E-state index is -5.87. The van der Waals surface area contributed by atoms with E-state index in [-0.39, 0.29) is 0 Å². The van der Waals surface area contributed by atoms with Gasteiger partial charge in [-0.05, 0) is 0 Å². The third kappa shape index (κ3) is 2.27. The van der Waals surface area contributed by atoms with Crippen molar-refractivity contribution in [1.29, 1.82) is 0 Å². The molecule has 16 heavy (non-hydrogen) atoms. The Morgan fingerprint density at radius 1 is 0.688 bits per heavy atom. The maximum atomic E-state index is 12.4. The van der Waals surface area contributed by atoms with Crippen molar-refractivity contribution in [2.75, 3.05) is 0 Å². The van der Waals surface area contributed by atoms with Crippen molar-refractivity contribution in [3.05, 3.63) is 0 Å². The summed E-state index contributed by atoms with van der Waals surface area (Å²) >= 11 is 0.